The second-order valence-electron chi connectivity index (χ2n) is 6.79. The summed E-state index contributed by atoms with van der Waals surface area (Å²) >= 11 is 0. The Bertz CT molecular complexity index is 1010. The van der Waals surface area contributed by atoms with Crippen molar-refractivity contribution in [3.63, 3.8) is 0 Å². The largest absolute Gasteiger partial charge is 0.494 e. The van der Waals surface area contributed by atoms with Crippen molar-refractivity contribution in [1.29, 1.82) is 0 Å². The van der Waals surface area contributed by atoms with Gasteiger partial charge in [0.25, 0.3) is 0 Å². The molecule has 4 rings (SSSR count). The van der Waals surface area contributed by atoms with Gasteiger partial charge < -0.3 is 24.1 Å². The minimum atomic E-state index is -0.828. The van der Waals surface area contributed by atoms with Crippen LogP contribution in [0.5, 0.6) is 5.75 Å². The number of furan rings is 1. The molecule has 3 heterocycles. The second-order valence-corrected chi connectivity index (χ2v) is 6.79. The minimum Gasteiger partial charge on any atom is -0.494 e. The molecule has 1 saturated heterocycles. The van der Waals surface area contributed by atoms with Gasteiger partial charge in [0.15, 0.2) is 0 Å². The molecule has 2 aromatic heterocycles. The molecule has 148 valence electrons. The van der Waals surface area contributed by atoms with E-state index in [0.717, 1.165) is 17.7 Å². The predicted molar refractivity (Wildman–Crippen MR) is 101 cm³/mol. The second kappa shape index (κ2) is 7.75. The molecule has 8 nitrogen and oxygen atoms in total. The van der Waals surface area contributed by atoms with Gasteiger partial charge in [0.05, 0.1) is 24.7 Å². The van der Waals surface area contributed by atoms with Crippen molar-refractivity contribution in [2.24, 2.45) is 0 Å². The van der Waals surface area contributed by atoms with Crippen molar-refractivity contribution < 1.29 is 24.1 Å². The lowest BCUT2D eigenvalue weighted by atomic mass is 10.1. The van der Waals surface area contributed by atoms with E-state index in [1.165, 1.54) is 4.57 Å². The smallest absolute Gasteiger partial charge is 0.353 e. The van der Waals surface area contributed by atoms with Crippen LogP contribution in [0.4, 0.5) is 0 Å². The highest BCUT2D eigenvalue weighted by Crippen LogP contribution is 2.30. The molecule has 0 saturated carbocycles. The van der Waals surface area contributed by atoms with Crippen LogP contribution in [0.2, 0.25) is 0 Å². The first-order valence-electron chi connectivity index (χ1n) is 9.29. The SMILES string of the molecule is CCCOc1ccc(-c2cc3cn([C@H]4C[C@H](O)[C@@H](CO)O4)c(=O)nc3o2)cc1. The fraction of sp³-hybridized carbons (Fsp3) is 0.400. The van der Waals surface area contributed by atoms with E-state index in [0.29, 0.717) is 17.8 Å². The Balaban J connectivity index is 1.62. The third-order valence-electron chi connectivity index (χ3n) is 4.74. The molecule has 2 N–H and O–H groups in total. The molecule has 1 aliphatic heterocycles. The topological polar surface area (TPSA) is 107 Å². The standard InChI is InChI=1S/C20H22N2O6/c1-2-7-26-14-5-3-12(4-6-14)16-8-13-10-22(20(25)21-19(13)28-16)18-9-15(24)17(11-23)27-18/h3-6,8,10,15,17-18,23-24H,2,7,9,11H2,1H3/t15-,17+,18+/m0/s1. The molecule has 3 aromatic rings. The van der Waals surface area contributed by atoms with Gasteiger partial charge in [-0.25, -0.2) is 4.79 Å². The van der Waals surface area contributed by atoms with Gasteiger partial charge in [0, 0.05) is 18.2 Å². The maximum absolute atomic E-state index is 12.4. The van der Waals surface area contributed by atoms with Crippen LogP contribution in [-0.4, -0.2) is 45.2 Å². The summed E-state index contributed by atoms with van der Waals surface area (Å²) in [7, 11) is 0. The van der Waals surface area contributed by atoms with E-state index < -0.39 is 24.1 Å². The zero-order chi connectivity index (χ0) is 19.7. The summed E-state index contributed by atoms with van der Waals surface area (Å²) in [4.78, 5) is 16.4. The van der Waals surface area contributed by atoms with Gasteiger partial charge in [-0.2, -0.15) is 4.98 Å². The number of aromatic nitrogens is 2. The van der Waals surface area contributed by atoms with E-state index in [2.05, 4.69) is 4.98 Å². The number of hydrogen-bond acceptors (Lipinski definition) is 7. The van der Waals surface area contributed by atoms with E-state index in [1.54, 1.807) is 12.3 Å². The van der Waals surface area contributed by atoms with E-state index in [1.807, 2.05) is 31.2 Å². The monoisotopic (exact) mass is 386 g/mol. The van der Waals surface area contributed by atoms with Crippen LogP contribution in [0.1, 0.15) is 26.0 Å². The van der Waals surface area contributed by atoms with Crippen LogP contribution in [0.15, 0.2) is 45.7 Å². The first-order valence-corrected chi connectivity index (χ1v) is 9.29. The molecule has 0 spiro atoms. The van der Waals surface area contributed by atoms with Crippen LogP contribution in [0.3, 0.4) is 0 Å². The lowest BCUT2D eigenvalue weighted by Gasteiger charge is -2.13. The van der Waals surface area contributed by atoms with E-state index >= 15 is 0 Å². The zero-order valence-corrected chi connectivity index (χ0v) is 15.4. The zero-order valence-electron chi connectivity index (χ0n) is 15.4. The summed E-state index contributed by atoms with van der Waals surface area (Å²) < 4.78 is 18.2. The Hall–Kier alpha value is -2.68. The molecule has 0 bridgehead atoms. The highest BCUT2D eigenvalue weighted by atomic mass is 16.5. The third kappa shape index (κ3) is 3.54. The Kier molecular flexibility index (Phi) is 5.17. The Morgan fingerprint density at radius 1 is 1.32 bits per heavy atom. The van der Waals surface area contributed by atoms with Crippen molar-refractivity contribution in [2.75, 3.05) is 13.2 Å². The molecule has 0 aliphatic carbocycles. The van der Waals surface area contributed by atoms with Gasteiger partial charge in [0.2, 0.25) is 5.71 Å². The summed E-state index contributed by atoms with van der Waals surface area (Å²) in [6.07, 6.45) is 0.544. The molecular formula is C20H22N2O6. The normalized spacial score (nSPS) is 22.0. The van der Waals surface area contributed by atoms with Gasteiger partial charge in [-0.15, -0.1) is 0 Å². The number of benzene rings is 1. The fourth-order valence-corrected chi connectivity index (χ4v) is 3.26. The van der Waals surface area contributed by atoms with Crippen molar-refractivity contribution in [3.8, 4) is 17.1 Å². The molecule has 8 heteroatoms. The first-order chi connectivity index (χ1) is 13.6. The molecule has 1 aromatic carbocycles. The Labute approximate surface area is 161 Å². The van der Waals surface area contributed by atoms with Crippen LogP contribution >= 0.6 is 0 Å². The average molecular weight is 386 g/mol. The van der Waals surface area contributed by atoms with E-state index in [4.69, 9.17) is 13.9 Å². The Morgan fingerprint density at radius 3 is 2.79 bits per heavy atom. The number of aliphatic hydroxyl groups is 2. The number of fused-ring (bicyclic) bond motifs is 1. The van der Waals surface area contributed by atoms with Crippen LogP contribution < -0.4 is 10.4 Å². The summed E-state index contributed by atoms with van der Waals surface area (Å²) in [5.41, 5.74) is 0.543. The van der Waals surface area contributed by atoms with Gasteiger partial charge in [0.1, 0.15) is 23.8 Å². The summed E-state index contributed by atoms with van der Waals surface area (Å²) in [5.74, 6) is 1.37. The van der Waals surface area contributed by atoms with Crippen LogP contribution in [0.25, 0.3) is 22.4 Å². The molecule has 1 aliphatic rings. The summed E-state index contributed by atoms with van der Waals surface area (Å²) in [6.45, 7) is 2.40. The number of rotatable bonds is 6. The van der Waals surface area contributed by atoms with Crippen LogP contribution in [0, 0.1) is 0 Å². The lowest BCUT2D eigenvalue weighted by molar-refractivity contribution is -0.0457. The molecular weight excluding hydrogens is 364 g/mol. The highest BCUT2D eigenvalue weighted by molar-refractivity contribution is 5.79. The minimum absolute atomic E-state index is 0.211. The summed E-state index contributed by atoms with van der Waals surface area (Å²) in [5, 5.41) is 19.8. The van der Waals surface area contributed by atoms with Gasteiger partial charge >= 0.3 is 5.69 Å². The van der Waals surface area contributed by atoms with Crippen molar-refractivity contribution in [3.05, 3.63) is 47.0 Å². The van der Waals surface area contributed by atoms with E-state index in [-0.39, 0.29) is 18.7 Å². The number of nitrogens with zero attached hydrogens (tertiary/aromatic N) is 2. The van der Waals surface area contributed by atoms with Gasteiger partial charge in [-0.1, -0.05) is 6.92 Å². The highest BCUT2D eigenvalue weighted by Gasteiger charge is 2.35. The maximum atomic E-state index is 12.4. The van der Waals surface area contributed by atoms with E-state index in [9.17, 15) is 15.0 Å². The molecule has 3 atom stereocenters. The van der Waals surface area contributed by atoms with Crippen molar-refractivity contribution >= 4 is 11.1 Å². The quantitative estimate of drug-likeness (QED) is 0.668. The molecule has 0 unspecified atom stereocenters. The fourth-order valence-electron chi connectivity index (χ4n) is 3.26. The number of ether oxygens (including phenoxy) is 2. The molecule has 0 radical (unpaired) electrons. The lowest BCUT2D eigenvalue weighted by Crippen LogP contribution is -2.27. The predicted octanol–water partition coefficient (Wildman–Crippen LogP) is 2.09. The number of hydrogen-bond donors (Lipinski definition) is 2. The summed E-state index contributed by atoms with van der Waals surface area (Å²) in [6, 6.07) is 9.31. The number of aliphatic hydroxyl groups excluding tert-OH is 2. The van der Waals surface area contributed by atoms with Crippen molar-refractivity contribution in [2.45, 2.75) is 38.2 Å². The first kappa shape index (κ1) is 18.7. The molecule has 0 amide bonds. The van der Waals surface area contributed by atoms with Gasteiger partial charge in [-0.3, -0.25) is 4.57 Å². The Morgan fingerprint density at radius 2 is 2.11 bits per heavy atom. The average Bonchev–Trinajstić information content (AvgIpc) is 3.28. The molecule has 1 fully saturated rings. The van der Waals surface area contributed by atoms with Crippen LogP contribution in [-0.2, 0) is 4.74 Å². The molecule has 28 heavy (non-hydrogen) atoms. The maximum Gasteiger partial charge on any atom is 0.353 e. The third-order valence-corrected chi connectivity index (χ3v) is 4.74. The van der Waals surface area contributed by atoms with Gasteiger partial charge in [-0.05, 0) is 36.8 Å². The van der Waals surface area contributed by atoms with Crippen molar-refractivity contribution in [1.82, 2.24) is 9.55 Å².